The fourth-order valence-corrected chi connectivity index (χ4v) is 4.99. The average molecular weight is 563 g/mol. The van der Waals surface area contributed by atoms with Crippen LogP contribution in [0.4, 0.5) is 10.5 Å². The van der Waals surface area contributed by atoms with Gasteiger partial charge in [-0.3, -0.25) is 19.3 Å². The van der Waals surface area contributed by atoms with Gasteiger partial charge in [0, 0.05) is 29.4 Å². The predicted molar refractivity (Wildman–Crippen MR) is 152 cm³/mol. The summed E-state index contributed by atoms with van der Waals surface area (Å²) < 4.78 is 0. The number of hydrogen-bond acceptors (Lipinski definition) is 4. The first-order valence-electron chi connectivity index (χ1n) is 12.9. The number of hydrogen-bond donors (Lipinski definition) is 3. The summed E-state index contributed by atoms with van der Waals surface area (Å²) in [6.07, 6.45) is -1.24. The first-order valence-corrected chi connectivity index (χ1v) is 13.3. The summed E-state index contributed by atoms with van der Waals surface area (Å²) in [6, 6.07) is 19.3. The lowest BCUT2D eigenvalue weighted by Crippen LogP contribution is -2.64. The van der Waals surface area contributed by atoms with Gasteiger partial charge in [0.15, 0.2) is 6.17 Å². The molecule has 9 nitrogen and oxygen atoms in total. The van der Waals surface area contributed by atoms with Crippen LogP contribution in [0.1, 0.15) is 45.9 Å². The van der Waals surface area contributed by atoms with Crippen LogP contribution >= 0.6 is 11.6 Å². The Labute approximate surface area is 237 Å². The van der Waals surface area contributed by atoms with Crippen molar-refractivity contribution < 1.29 is 24.3 Å². The molecule has 2 atom stereocenters. The van der Waals surface area contributed by atoms with Crippen molar-refractivity contribution in [2.75, 3.05) is 18.4 Å². The fraction of sp³-hybridized carbons (Fsp3) is 0.267. The number of nitrogens with one attached hydrogen (secondary N) is 2. The van der Waals surface area contributed by atoms with Crippen LogP contribution in [0, 0.1) is 13.8 Å². The monoisotopic (exact) mass is 562 g/mol. The van der Waals surface area contributed by atoms with Gasteiger partial charge in [-0.15, -0.1) is 0 Å². The highest BCUT2D eigenvalue weighted by atomic mass is 35.5. The van der Waals surface area contributed by atoms with Crippen molar-refractivity contribution in [2.45, 2.75) is 38.9 Å². The second-order valence-electron chi connectivity index (χ2n) is 9.80. The van der Waals surface area contributed by atoms with E-state index in [0.29, 0.717) is 28.3 Å². The zero-order valence-electron chi connectivity index (χ0n) is 22.3. The van der Waals surface area contributed by atoms with Crippen LogP contribution in [-0.2, 0) is 9.59 Å². The maximum atomic E-state index is 13.9. The Hall–Kier alpha value is -4.37. The second-order valence-corrected chi connectivity index (χ2v) is 10.2. The van der Waals surface area contributed by atoms with Gasteiger partial charge >= 0.3 is 12.0 Å². The van der Waals surface area contributed by atoms with Crippen molar-refractivity contribution in [2.24, 2.45) is 0 Å². The van der Waals surface area contributed by atoms with Gasteiger partial charge in [0.25, 0.3) is 11.8 Å². The number of carbonyl (C=O) groups excluding carboxylic acids is 3. The first kappa shape index (κ1) is 28.6. The molecule has 3 aromatic carbocycles. The molecule has 40 heavy (non-hydrogen) atoms. The molecule has 3 N–H and O–H groups in total. The van der Waals surface area contributed by atoms with Gasteiger partial charge < -0.3 is 20.6 Å². The second kappa shape index (κ2) is 12.7. The molecule has 0 aromatic heterocycles. The van der Waals surface area contributed by atoms with Crippen LogP contribution in [0.3, 0.4) is 0 Å². The molecule has 3 aromatic rings. The van der Waals surface area contributed by atoms with Gasteiger partial charge in [0.1, 0.15) is 0 Å². The van der Waals surface area contributed by atoms with Gasteiger partial charge in [-0.2, -0.15) is 0 Å². The lowest BCUT2D eigenvalue weighted by Gasteiger charge is -2.43. The van der Waals surface area contributed by atoms with E-state index in [4.69, 9.17) is 11.6 Å². The number of carbonyl (C=O) groups is 4. The number of nitrogens with zero attached hydrogens (tertiary/aromatic N) is 2. The Morgan fingerprint density at radius 1 is 0.925 bits per heavy atom. The minimum Gasteiger partial charge on any atom is -0.481 e. The topological polar surface area (TPSA) is 119 Å². The van der Waals surface area contributed by atoms with E-state index < -0.39 is 36.0 Å². The summed E-state index contributed by atoms with van der Waals surface area (Å²) in [7, 11) is 0. The zero-order valence-corrected chi connectivity index (χ0v) is 23.0. The van der Waals surface area contributed by atoms with E-state index in [1.807, 2.05) is 26.0 Å². The number of halogens is 1. The van der Waals surface area contributed by atoms with Gasteiger partial charge in [-0.1, -0.05) is 65.2 Å². The average Bonchev–Trinajstić information content (AvgIpc) is 2.91. The summed E-state index contributed by atoms with van der Waals surface area (Å²) in [5, 5.41) is 15.6. The summed E-state index contributed by atoms with van der Waals surface area (Å²) >= 11 is 6.08. The molecular formula is C30H31ClN4O5. The molecule has 2 unspecified atom stereocenters. The molecule has 1 heterocycles. The minimum absolute atomic E-state index is 0.204. The first-order chi connectivity index (χ1) is 19.1. The summed E-state index contributed by atoms with van der Waals surface area (Å²) in [4.78, 5) is 55.5. The van der Waals surface area contributed by atoms with Gasteiger partial charge in [-0.25, -0.2) is 4.79 Å². The van der Waals surface area contributed by atoms with Gasteiger partial charge in [0.05, 0.1) is 12.5 Å². The summed E-state index contributed by atoms with van der Waals surface area (Å²) in [6.45, 7) is 4.17. The van der Waals surface area contributed by atoms with Crippen LogP contribution in [0.25, 0.3) is 0 Å². The Kier molecular flexibility index (Phi) is 9.06. The van der Waals surface area contributed by atoms with E-state index in [2.05, 4.69) is 10.6 Å². The number of rotatable bonds is 7. The normalized spacial score (nSPS) is 15.7. The molecule has 4 rings (SSSR count). The van der Waals surface area contributed by atoms with E-state index in [9.17, 15) is 24.3 Å². The van der Waals surface area contributed by atoms with Crippen LogP contribution in [0.15, 0.2) is 72.8 Å². The van der Waals surface area contributed by atoms with Crippen molar-refractivity contribution in [3.63, 3.8) is 0 Å². The van der Waals surface area contributed by atoms with Crippen LogP contribution < -0.4 is 10.6 Å². The third-order valence-electron chi connectivity index (χ3n) is 6.63. The molecule has 0 aliphatic carbocycles. The van der Waals surface area contributed by atoms with Crippen molar-refractivity contribution in [1.29, 1.82) is 0 Å². The molecule has 1 fully saturated rings. The molecule has 0 saturated carbocycles. The molecule has 208 valence electrons. The highest BCUT2D eigenvalue weighted by Crippen LogP contribution is 2.24. The molecule has 0 bridgehead atoms. The molecule has 1 aliphatic rings. The molecular weight excluding hydrogens is 532 g/mol. The van der Waals surface area contributed by atoms with E-state index in [1.54, 1.807) is 60.7 Å². The SMILES string of the molecule is Cc1cccc(C(=O)N2CCCN(C(=O)Nc3cccc(Cl)c3)C2C(=O)NC(CC(=O)O)c2cccc(C)c2)c1. The minimum atomic E-state index is -1.32. The Morgan fingerprint density at radius 3 is 2.27 bits per heavy atom. The molecule has 4 amide bonds. The summed E-state index contributed by atoms with van der Waals surface area (Å²) in [5.41, 5.74) is 3.20. The predicted octanol–water partition coefficient (Wildman–Crippen LogP) is 5.00. The quantitative estimate of drug-likeness (QED) is 0.374. The largest absolute Gasteiger partial charge is 0.481 e. The van der Waals surface area contributed by atoms with E-state index in [0.717, 1.165) is 11.1 Å². The van der Waals surface area contributed by atoms with Crippen molar-refractivity contribution in [1.82, 2.24) is 15.1 Å². The van der Waals surface area contributed by atoms with Crippen molar-refractivity contribution in [3.8, 4) is 0 Å². The van der Waals surface area contributed by atoms with Crippen LogP contribution in [-0.4, -0.2) is 58.0 Å². The highest BCUT2D eigenvalue weighted by molar-refractivity contribution is 6.30. The summed E-state index contributed by atoms with van der Waals surface area (Å²) in [5.74, 6) is -2.16. The van der Waals surface area contributed by atoms with Crippen molar-refractivity contribution >= 4 is 41.1 Å². The maximum absolute atomic E-state index is 13.9. The number of aryl methyl sites for hydroxylation is 2. The molecule has 1 aliphatic heterocycles. The molecule has 0 spiro atoms. The Bertz CT molecular complexity index is 1430. The number of amides is 4. The molecule has 1 saturated heterocycles. The Morgan fingerprint density at radius 2 is 1.60 bits per heavy atom. The van der Waals surface area contributed by atoms with Crippen LogP contribution in [0.2, 0.25) is 5.02 Å². The number of benzene rings is 3. The third kappa shape index (κ3) is 6.98. The number of anilines is 1. The van der Waals surface area contributed by atoms with E-state index in [1.165, 1.54) is 9.80 Å². The molecule has 0 radical (unpaired) electrons. The standard InChI is InChI=1S/C30H31ClN4O5/c1-19-7-3-9-21(15-19)25(18-26(36)37)33-27(38)28-34(29(39)22-10-4-8-20(2)16-22)13-6-14-35(28)30(40)32-24-12-5-11-23(31)17-24/h3-5,7-12,15-17,25,28H,6,13-14,18H2,1-2H3,(H,32,40)(H,33,38)(H,36,37). The maximum Gasteiger partial charge on any atom is 0.323 e. The zero-order chi connectivity index (χ0) is 28.8. The number of aliphatic carboxylic acids is 1. The number of urea groups is 1. The lowest BCUT2D eigenvalue weighted by molar-refractivity contribution is -0.138. The highest BCUT2D eigenvalue weighted by Gasteiger charge is 2.41. The van der Waals surface area contributed by atoms with E-state index >= 15 is 0 Å². The lowest BCUT2D eigenvalue weighted by atomic mass is 10.0. The van der Waals surface area contributed by atoms with Gasteiger partial charge in [0.2, 0.25) is 0 Å². The fourth-order valence-electron chi connectivity index (χ4n) is 4.80. The smallest absolute Gasteiger partial charge is 0.323 e. The van der Waals surface area contributed by atoms with Crippen LogP contribution in [0.5, 0.6) is 0 Å². The van der Waals surface area contributed by atoms with Crippen molar-refractivity contribution in [3.05, 3.63) is 100 Å². The third-order valence-corrected chi connectivity index (χ3v) is 6.86. The Balaban J connectivity index is 1.69. The van der Waals surface area contributed by atoms with E-state index in [-0.39, 0.29) is 19.5 Å². The number of carboxylic acids is 1. The molecule has 10 heteroatoms. The number of carboxylic acid groups (broad SMARTS) is 1. The van der Waals surface area contributed by atoms with Gasteiger partial charge in [-0.05, 0) is 56.2 Å².